The fourth-order valence-electron chi connectivity index (χ4n) is 3.01. The van der Waals surface area contributed by atoms with Crippen LogP contribution in [0.1, 0.15) is 37.8 Å². The van der Waals surface area contributed by atoms with Gasteiger partial charge in [0.05, 0.1) is 7.11 Å². The third kappa shape index (κ3) is 6.25. The van der Waals surface area contributed by atoms with Crippen molar-refractivity contribution in [3.8, 4) is 0 Å². The Balaban J connectivity index is 2.20. The van der Waals surface area contributed by atoms with Crippen molar-refractivity contribution in [2.75, 3.05) is 7.11 Å². The highest BCUT2D eigenvalue weighted by Gasteiger charge is 2.22. The summed E-state index contributed by atoms with van der Waals surface area (Å²) in [5.74, 6) is -0.879. The van der Waals surface area contributed by atoms with Gasteiger partial charge in [-0.1, -0.05) is 78.2 Å². The number of allylic oxidation sites excluding steroid dienone is 5. The van der Waals surface area contributed by atoms with Crippen LogP contribution in [0, 0.1) is 0 Å². The van der Waals surface area contributed by atoms with Crippen molar-refractivity contribution in [1.29, 1.82) is 0 Å². The van der Waals surface area contributed by atoms with Crippen LogP contribution in [0.25, 0.3) is 5.57 Å². The standard InChI is InChI=1S/C23H25Cl2NO4/c1-4-15-7-11-18(20(30-3)12-8-15)17-9-5-16(6-10-17)13-19(23(28)29)26-22(27)14(2)21(24)25/h5-11,19H,4,12-13H2,1-3H3,(H,26,27)(H,28,29). The van der Waals surface area contributed by atoms with Gasteiger partial charge in [0, 0.05) is 24.0 Å². The molecule has 0 radical (unpaired) electrons. The number of rotatable bonds is 8. The summed E-state index contributed by atoms with van der Waals surface area (Å²) in [6.07, 6.45) is 8.07. The van der Waals surface area contributed by atoms with Gasteiger partial charge in [-0.05, 0) is 24.5 Å². The monoisotopic (exact) mass is 449 g/mol. The van der Waals surface area contributed by atoms with Gasteiger partial charge >= 0.3 is 5.97 Å². The van der Waals surface area contributed by atoms with Crippen LogP contribution < -0.4 is 5.32 Å². The summed E-state index contributed by atoms with van der Waals surface area (Å²) >= 11 is 11.2. The van der Waals surface area contributed by atoms with Crippen LogP contribution in [0.2, 0.25) is 0 Å². The van der Waals surface area contributed by atoms with Crippen LogP contribution in [0.3, 0.4) is 0 Å². The van der Waals surface area contributed by atoms with Crippen LogP contribution in [-0.2, 0) is 20.7 Å². The van der Waals surface area contributed by atoms with E-state index in [-0.39, 0.29) is 16.5 Å². The van der Waals surface area contributed by atoms with Crippen LogP contribution >= 0.6 is 23.2 Å². The zero-order valence-electron chi connectivity index (χ0n) is 17.2. The normalized spacial score (nSPS) is 14.5. The number of carboxylic acid groups (broad SMARTS) is 1. The molecule has 0 fully saturated rings. The SMILES string of the molecule is CCC1=CCC(OC)=C(c2ccc(CC(NC(=O)C(C)=C(Cl)Cl)C(=O)O)cc2)C=C1. The number of carbonyl (C=O) groups is 2. The fraction of sp³-hybridized carbons (Fsp3) is 0.304. The van der Waals surface area contributed by atoms with Gasteiger partial charge in [-0.25, -0.2) is 4.79 Å². The molecule has 30 heavy (non-hydrogen) atoms. The molecule has 1 aliphatic carbocycles. The Morgan fingerprint density at radius 3 is 2.40 bits per heavy atom. The van der Waals surface area contributed by atoms with E-state index in [1.54, 1.807) is 7.11 Å². The molecule has 0 saturated carbocycles. The fourth-order valence-corrected chi connectivity index (χ4v) is 3.18. The molecule has 7 heteroatoms. The molecular formula is C23H25Cl2NO4. The molecule has 1 aromatic carbocycles. The predicted octanol–water partition coefficient (Wildman–Crippen LogP) is 5.16. The number of ether oxygens (including phenoxy) is 1. The number of hydrogen-bond donors (Lipinski definition) is 2. The number of carboxylic acids is 1. The van der Waals surface area contributed by atoms with Gasteiger partial charge in [0.2, 0.25) is 5.91 Å². The molecule has 1 atom stereocenters. The van der Waals surface area contributed by atoms with E-state index >= 15 is 0 Å². The highest BCUT2D eigenvalue weighted by atomic mass is 35.5. The molecule has 0 bridgehead atoms. The molecule has 1 aromatic rings. The maximum absolute atomic E-state index is 12.1. The summed E-state index contributed by atoms with van der Waals surface area (Å²) in [4.78, 5) is 23.7. The zero-order chi connectivity index (χ0) is 22.3. The molecule has 1 unspecified atom stereocenters. The first-order chi connectivity index (χ1) is 14.3. The molecule has 2 rings (SSSR count). The minimum Gasteiger partial charge on any atom is -0.500 e. The molecule has 0 spiro atoms. The van der Waals surface area contributed by atoms with Gasteiger partial charge in [-0.15, -0.1) is 0 Å². The molecule has 160 valence electrons. The van der Waals surface area contributed by atoms with Crippen molar-refractivity contribution in [2.24, 2.45) is 0 Å². The van der Waals surface area contributed by atoms with Crippen LogP contribution in [-0.4, -0.2) is 30.1 Å². The molecule has 0 heterocycles. The van der Waals surface area contributed by atoms with Crippen molar-refractivity contribution < 1.29 is 19.4 Å². The number of methoxy groups -OCH3 is 1. The van der Waals surface area contributed by atoms with Crippen LogP contribution in [0.15, 0.2) is 63.9 Å². The molecular weight excluding hydrogens is 425 g/mol. The Hall–Kier alpha value is -2.50. The second kappa shape index (κ2) is 11.0. The number of aliphatic carboxylic acids is 1. The molecule has 1 amide bonds. The summed E-state index contributed by atoms with van der Waals surface area (Å²) in [5, 5.41) is 11.9. The maximum atomic E-state index is 12.1. The Morgan fingerprint density at radius 2 is 1.87 bits per heavy atom. The molecule has 0 saturated heterocycles. The van der Waals surface area contributed by atoms with Crippen molar-refractivity contribution in [3.63, 3.8) is 0 Å². The van der Waals surface area contributed by atoms with E-state index < -0.39 is 17.9 Å². The van der Waals surface area contributed by atoms with Gasteiger partial charge in [0.15, 0.2) is 0 Å². The molecule has 1 aliphatic rings. The highest BCUT2D eigenvalue weighted by Crippen LogP contribution is 2.28. The number of hydrogen-bond acceptors (Lipinski definition) is 3. The lowest BCUT2D eigenvalue weighted by atomic mass is 9.99. The summed E-state index contributed by atoms with van der Waals surface area (Å²) in [6, 6.07) is 6.44. The van der Waals surface area contributed by atoms with Gasteiger partial charge in [0.1, 0.15) is 16.3 Å². The number of nitrogens with one attached hydrogen (secondary N) is 1. The Labute approximate surface area is 186 Å². The third-order valence-corrected chi connectivity index (χ3v) is 5.47. The van der Waals surface area contributed by atoms with Crippen molar-refractivity contribution in [2.45, 2.75) is 39.2 Å². The van der Waals surface area contributed by atoms with Gasteiger partial charge < -0.3 is 15.2 Å². The maximum Gasteiger partial charge on any atom is 0.326 e. The average Bonchev–Trinajstić information content (AvgIpc) is 2.95. The van der Waals surface area contributed by atoms with E-state index in [4.69, 9.17) is 27.9 Å². The number of benzene rings is 1. The molecule has 0 aromatic heterocycles. The first kappa shape index (κ1) is 23.8. The lowest BCUT2D eigenvalue weighted by Crippen LogP contribution is -2.42. The van der Waals surface area contributed by atoms with Gasteiger partial charge in [0.25, 0.3) is 0 Å². The van der Waals surface area contributed by atoms with E-state index in [2.05, 4.69) is 24.4 Å². The van der Waals surface area contributed by atoms with E-state index in [9.17, 15) is 14.7 Å². The van der Waals surface area contributed by atoms with Crippen molar-refractivity contribution >= 4 is 40.7 Å². The lowest BCUT2D eigenvalue weighted by Gasteiger charge is -2.16. The summed E-state index contributed by atoms with van der Waals surface area (Å²) in [7, 11) is 1.66. The Morgan fingerprint density at radius 1 is 1.20 bits per heavy atom. The molecule has 5 nitrogen and oxygen atoms in total. The van der Waals surface area contributed by atoms with Crippen molar-refractivity contribution in [3.05, 3.63) is 75.0 Å². The summed E-state index contributed by atoms with van der Waals surface area (Å²) in [6.45, 7) is 3.54. The highest BCUT2D eigenvalue weighted by molar-refractivity contribution is 6.57. The lowest BCUT2D eigenvalue weighted by molar-refractivity contribution is -0.141. The largest absolute Gasteiger partial charge is 0.500 e. The second-order valence-corrected chi connectivity index (χ2v) is 7.81. The summed E-state index contributed by atoms with van der Waals surface area (Å²) in [5.41, 5.74) is 4.05. The van der Waals surface area contributed by atoms with Crippen LogP contribution in [0.4, 0.5) is 0 Å². The summed E-state index contributed by atoms with van der Waals surface area (Å²) < 4.78 is 5.38. The second-order valence-electron chi connectivity index (χ2n) is 6.86. The Bertz CT molecular complexity index is 923. The molecule has 2 N–H and O–H groups in total. The minimum absolute atomic E-state index is 0.0687. The number of amides is 1. The van der Waals surface area contributed by atoms with E-state index in [1.165, 1.54) is 12.5 Å². The number of halogens is 2. The quantitative estimate of drug-likeness (QED) is 0.537. The number of carbonyl (C=O) groups excluding carboxylic acids is 1. The van der Waals surface area contributed by atoms with E-state index in [0.29, 0.717) is 6.42 Å². The first-order valence-electron chi connectivity index (χ1n) is 9.55. The van der Waals surface area contributed by atoms with E-state index in [0.717, 1.165) is 28.9 Å². The topological polar surface area (TPSA) is 75.6 Å². The first-order valence-corrected chi connectivity index (χ1v) is 10.3. The minimum atomic E-state index is -1.14. The van der Waals surface area contributed by atoms with Crippen LogP contribution in [0.5, 0.6) is 0 Å². The van der Waals surface area contributed by atoms with Gasteiger partial charge in [-0.2, -0.15) is 0 Å². The van der Waals surface area contributed by atoms with Gasteiger partial charge in [-0.3, -0.25) is 4.79 Å². The average molecular weight is 450 g/mol. The zero-order valence-corrected chi connectivity index (χ0v) is 18.7. The van der Waals surface area contributed by atoms with Crippen molar-refractivity contribution in [1.82, 2.24) is 5.32 Å². The van der Waals surface area contributed by atoms with E-state index in [1.807, 2.05) is 30.3 Å². The molecule has 0 aliphatic heterocycles. The predicted molar refractivity (Wildman–Crippen MR) is 120 cm³/mol. The third-order valence-electron chi connectivity index (χ3n) is 4.90. The smallest absolute Gasteiger partial charge is 0.326 e. The Kier molecular flexibility index (Phi) is 8.75.